The van der Waals surface area contributed by atoms with Crippen molar-refractivity contribution in [3.05, 3.63) is 18.0 Å². The highest BCUT2D eigenvalue weighted by molar-refractivity contribution is 5.85. The summed E-state index contributed by atoms with van der Waals surface area (Å²) in [5, 5.41) is 3.85. The van der Waals surface area contributed by atoms with E-state index in [1.807, 2.05) is 0 Å². The van der Waals surface area contributed by atoms with Crippen molar-refractivity contribution in [2.24, 2.45) is 0 Å². The summed E-state index contributed by atoms with van der Waals surface area (Å²) in [6.07, 6.45) is -4.03. The number of carbonyl (C=O) groups is 1. The molecule has 0 aromatic carbocycles. The van der Waals surface area contributed by atoms with Gasteiger partial charge in [-0.1, -0.05) is 0 Å². The maximum atomic E-state index is 12.0. The second-order valence-corrected chi connectivity index (χ2v) is 3.46. The first-order valence-corrected chi connectivity index (χ1v) is 4.44. The zero-order chi connectivity index (χ0) is 11.6. The van der Waals surface area contributed by atoms with Gasteiger partial charge in [-0.2, -0.15) is 18.3 Å². The van der Waals surface area contributed by atoms with E-state index in [4.69, 9.17) is 0 Å². The average Bonchev–Trinajstić information content (AvgIpc) is 2.50. The van der Waals surface area contributed by atoms with E-state index < -0.39 is 18.4 Å². The molecular formula is C9H11F3N2O. The lowest BCUT2D eigenvalue weighted by atomic mass is 10.2. The monoisotopic (exact) mass is 220 g/mol. The van der Waals surface area contributed by atoms with Crippen LogP contribution in [0.25, 0.3) is 0 Å². The highest BCUT2D eigenvalue weighted by atomic mass is 19.4. The molecule has 1 heterocycles. The van der Waals surface area contributed by atoms with Crippen molar-refractivity contribution in [3.8, 4) is 0 Å². The number of nitrogens with zero attached hydrogens (tertiary/aromatic N) is 2. The van der Waals surface area contributed by atoms with Gasteiger partial charge in [0.05, 0.1) is 6.42 Å². The molecule has 0 aliphatic rings. The third kappa shape index (κ3) is 2.81. The number of rotatable bonds is 3. The van der Waals surface area contributed by atoms with Crippen molar-refractivity contribution in [2.45, 2.75) is 32.5 Å². The Morgan fingerprint density at radius 1 is 1.53 bits per heavy atom. The van der Waals surface area contributed by atoms with Gasteiger partial charge in [-0.3, -0.25) is 9.48 Å². The normalized spacial score (nSPS) is 12.1. The molecule has 0 saturated carbocycles. The van der Waals surface area contributed by atoms with Crippen molar-refractivity contribution in [1.29, 1.82) is 0 Å². The van der Waals surface area contributed by atoms with Gasteiger partial charge >= 0.3 is 6.18 Å². The van der Waals surface area contributed by atoms with E-state index in [0.717, 1.165) is 0 Å². The van der Waals surface area contributed by atoms with E-state index in [2.05, 4.69) is 5.10 Å². The largest absolute Gasteiger partial charge is 0.450 e. The molecule has 84 valence electrons. The van der Waals surface area contributed by atoms with Gasteiger partial charge in [0.1, 0.15) is 0 Å². The van der Waals surface area contributed by atoms with E-state index in [1.165, 1.54) is 16.9 Å². The number of hydrogen-bond acceptors (Lipinski definition) is 2. The first-order valence-electron chi connectivity index (χ1n) is 4.44. The number of carbonyl (C=O) groups excluding carboxylic acids is 1. The van der Waals surface area contributed by atoms with Gasteiger partial charge in [-0.05, 0) is 19.9 Å². The molecule has 0 aliphatic carbocycles. The molecule has 0 atom stereocenters. The smallest absolute Gasteiger partial charge is 0.289 e. The maximum Gasteiger partial charge on any atom is 0.450 e. The minimum absolute atomic E-state index is 0.0592. The van der Waals surface area contributed by atoms with Gasteiger partial charge in [0.2, 0.25) is 5.78 Å². The molecule has 1 aromatic heterocycles. The molecule has 0 unspecified atom stereocenters. The van der Waals surface area contributed by atoms with E-state index in [9.17, 15) is 18.0 Å². The number of aromatic nitrogens is 2. The van der Waals surface area contributed by atoms with Crippen molar-refractivity contribution >= 4 is 5.78 Å². The Kier molecular flexibility index (Phi) is 3.16. The third-order valence-corrected chi connectivity index (χ3v) is 1.90. The van der Waals surface area contributed by atoms with E-state index in [-0.39, 0.29) is 11.7 Å². The molecule has 0 saturated heterocycles. The topological polar surface area (TPSA) is 34.9 Å². The Balaban J connectivity index is 2.82. The number of ketones is 1. The third-order valence-electron chi connectivity index (χ3n) is 1.90. The molecule has 0 fully saturated rings. The van der Waals surface area contributed by atoms with Crippen LogP contribution in [0.3, 0.4) is 0 Å². The molecule has 3 nitrogen and oxygen atoms in total. The zero-order valence-corrected chi connectivity index (χ0v) is 8.38. The summed E-state index contributed by atoms with van der Waals surface area (Å²) < 4.78 is 37.4. The maximum absolute atomic E-state index is 12.0. The predicted molar refractivity (Wildman–Crippen MR) is 47.4 cm³/mol. The van der Waals surface area contributed by atoms with Crippen molar-refractivity contribution in [3.63, 3.8) is 0 Å². The van der Waals surface area contributed by atoms with Gasteiger partial charge in [0.15, 0.2) is 0 Å². The molecule has 0 bridgehead atoms. The fraction of sp³-hybridized carbons (Fsp3) is 0.556. The van der Waals surface area contributed by atoms with E-state index >= 15 is 0 Å². The molecule has 0 spiro atoms. The molecule has 0 radical (unpaired) electrons. The summed E-state index contributed by atoms with van der Waals surface area (Å²) in [7, 11) is 0. The average molecular weight is 220 g/mol. The highest BCUT2D eigenvalue weighted by Gasteiger charge is 2.38. The minimum atomic E-state index is -4.77. The molecule has 0 amide bonds. The Morgan fingerprint density at radius 3 is 2.60 bits per heavy atom. The lowest BCUT2D eigenvalue weighted by molar-refractivity contribution is -0.170. The van der Waals surface area contributed by atoms with Crippen LogP contribution < -0.4 is 0 Å². The van der Waals surface area contributed by atoms with Crippen LogP contribution in [0.2, 0.25) is 0 Å². The number of Topliss-reactive ketones (excluding diaryl/α,β-unsaturated/α-hetero) is 1. The summed E-state index contributed by atoms with van der Waals surface area (Å²) >= 11 is 0. The van der Waals surface area contributed by atoms with Gasteiger partial charge in [0, 0.05) is 17.9 Å². The first-order chi connectivity index (χ1) is 6.82. The van der Waals surface area contributed by atoms with E-state index in [0.29, 0.717) is 0 Å². The van der Waals surface area contributed by atoms with Crippen molar-refractivity contribution < 1.29 is 18.0 Å². The van der Waals surface area contributed by atoms with Crippen LogP contribution in [0.1, 0.15) is 25.6 Å². The standard InChI is InChI=1S/C9H11F3N2O/c1-6(2)14-7(3-4-13-14)5-8(15)9(10,11)12/h3-4,6H,5H2,1-2H3. The van der Waals surface area contributed by atoms with Gasteiger partial charge in [0.25, 0.3) is 0 Å². The Morgan fingerprint density at radius 2 is 2.13 bits per heavy atom. The summed E-state index contributed by atoms with van der Waals surface area (Å²) in [4.78, 5) is 10.7. The lowest BCUT2D eigenvalue weighted by Crippen LogP contribution is -2.26. The van der Waals surface area contributed by atoms with Crippen LogP contribution in [0.15, 0.2) is 12.3 Å². The molecule has 0 N–H and O–H groups in total. The number of hydrogen-bond donors (Lipinski definition) is 0. The van der Waals surface area contributed by atoms with Crippen LogP contribution >= 0.6 is 0 Å². The fourth-order valence-corrected chi connectivity index (χ4v) is 1.21. The zero-order valence-electron chi connectivity index (χ0n) is 8.38. The van der Waals surface area contributed by atoms with Crippen LogP contribution in [0.4, 0.5) is 13.2 Å². The molecule has 0 aliphatic heterocycles. The molecule has 6 heteroatoms. The van der Waals surface area contributed by atoms with Crippen molar-refractivity contribution in [1.82, 2.24) is 9.78 Å². The Hall–Kier alpha value is -1.33. The fourth-order valence-electron chi connectivity index (χ4n) is 1.21. The second-order valence-electron chi connectivity index (χ2n) is 3.46. The highest BCUT2D eigenvalue weighted by Crippen LogP contribution is 2.19. The molecule has 15 heavy (non-hydrogen) atoms. The van der Waals surface area contributed by atoms with Crippen molar-refractivity contribution in [2.75, 3.05) is 0 Å². The van der Waals surface area contributed by atoms with Gasteiger partial charge in [-0.25, -0.2) is 0 Å². The molecular weight excluding hydrogens is 209 g/mol. The summed E-state index contributed by atoms with van der Waals surface area (Å²) in [5.74, 6) is -1.75. The molecule has 1 aromatic rings. The van der Waals surface area contributed by atoms with E-state index in [1.54, 1.807) is 13.8 Å². The van der Waals surface area contributed by atoms with Crippen LogP contribution in [-0.2, 0) is 11.2 Å². The summed E-state index contributed by atoms with van der Waals surface area (Å²) in [6.45, 7) is 3.57. The number of alkyl halides is 3. The number of halogens is 3. The van der Waals surface area contributed by atoms with Gasteiger partial charge in [-0.15, -0.1) is 0 Å². The molecule has 1 rings (SSSR count). The predicted octanol–water partition coefficient (Wildman–Crippen LogP) is 2.14. The minimum Gasteiger partial charge on any atom is -0.289 e. The summed E-state index contributed by atoms with van der Waals surface area (Å²) in [5.41, 5.74) is 0.285. The Bertz CT molecular complexity index is 354. The quantitative estimate of drug-likeness (QED) is 0.782. The van der Waals surface area contributed by atoms with Crippen LogP contribution in [0, 0.1) is 0 Å². The Labute approximate surface area is 84.9 Å². The summed E-state index contributed by atoms with van der Waals surface area (Å²) in [6, 6.07) is 1.36. The lowest BCUT2D eigenvalue weighted by Gasteiger charge is -2.11. The van der Waals surface area contributed by atoms with Crippen LogP contribution in [-0.4, -0.2) is 21.7 Å². The first kappa shape index (κ1) is 11.7. The second kappa shape index (κ2) is 4.04. The van der Waals surface area contributed by atoms with Gasteiger partial charge < -0.3 is 0 Å². The SMILES string of the molecule is CC(C)n1nccc1CC(=O)C(F)(F)F. The van der Waals surface area contributed by atoms with Crippen LogP contribution in [0.5, 0.6) is 0 Å².